The van der Waals surface area contributed by atoms with Crippen molar-refractivity contribution in [3.05, 3.63) is 29.0 Å². The summed E-state index contributed by atoms with van der Waals surface area (Å²) in [5.74, 6) is 1.29. The van der Waals surface area contributed by atoms with Gasteiger partial charge in [-0.3, -0.25) is 0 Å². The predicted octanol–water partition coefficient (Wildman–Crippen LogP) is 3.45. The Bertz CT molecular complexity index is 462. The Morgan fingerprint density at radius 1 is 1.43 bits per heavy atom. The number of fused-ring (bicyclic) bond motifs is 1. The first-order valence-corrected chi connectivity index (χ1v) is 5.38. The van der Waals surface area contributed by atoms with Crippen LogP contribution in [0.25, 0.3) is 11.0 Å². The lowest BCUT2D eigenvalue weighted by Crippen LogP contribution is -1.98. The van der Waals surface area contributed by atoms with E-state index in [0.717, 1.165) is 23.4 Å². The summed E-state index contributed by atoms with van der Waals surface area (Å²) in [7, 11) is 0. The molecule has 2 nitrogen and oxygen atoms in total. The summed E-state index contributed by atoms with van der Waals surface area (Å²) >= 11 is 11.8. The lowest BCUT2D eigenvalue weighted by atomic mass is 10.3. The molecule has 0 bridgehead atoms. The second kappa shape index (κ2) is 3.79. The zero-order chi connectivity index (χ0) is 10.1. The van der Waals surface area contributed by atoms with Crippen LogP contribution in [0.3, 0.4) is 0 Å². The molecule has 1 aromatic heterocycles. The van der Waals surface area contributed by atoms with Crippen LogP contribution in [-0.2, 0) is 12.4 Å². The fourth-order valence-electron chi connectivity index (χ4n) is 1.62. The van der Waals surface area contributed by atoms with E-state index in [-0.39, 0.29) is 0 Å². The predicted molar refractivity (Wildman–Crippen MR) is 60.0 cm³/mol. The van der Waals surface area contributed by atoms with Gasteiger partial charge in [-0.2, -0.15) is 0 Å². The maximum atomic E-state index is 6.04. The van der Waals surface area contributed by atoms with Crippen LogP contribution in [-0.4, -0.2) is 9.55 Å². The summed E-state index contributed by atoms with van der Waals surface area (Å²) in [5.41, 5.74) is 1.89. The molecule has 1 aromatic carbocycles. The minimum atomic E-state index is 0.416. The van der Waals surface area contributed by atoms with Crippen LogP contribution in [0.1, 0.15) is 12.7 Å². The molecular weight excluding hydrogens is 219 g/mol. The van der Waals surface area contributed by atoms with Crippen molar-refractivity contribution in [2.75, 3.05) is 0 Å². The Morgan fingerprint density at radius 3 is 2.86 bits per heavy atom. The number of hydrogen-bond acceptors (Lipinski definition) is 1. The first-order valence-electron chi connectivity index (χ1n) is 4.47. The summed E-state index contributed by atoms with van der Waals surface area (Å²) in [6.45, 7) is 2.93. The molecule has 0 spiro atoms. The van der Waals surface area contributed by atoms with Gasteiger partial charge in [0.05, 0.1) is 16.4 Å². The summed E-state index contributed by atoms with van der Waals surface area (Å²) in [6.07, 6.45) is 0. The molecule has 0 amide bonds. The van der Waals surface area contributed by atoms with E-state index >= 15 is 0 Å². The van der Waals surface area contributed by atoms with E-state index < -0.39 is 0 Å². The number of imidazole rings is 1. The van der Waals surface area contributed by atoms with Gasteiger partial charge in [-0.1, -0.05) is 17.7 Å². The number of para-hydroxylation sites is 1. The Labute approximate surface area is 92.5 Å². The Morgan fingerprint density at radius 2 is 2.21 bits per heavy atom. The topological polar surface area (TPSA) is 17.8 Å². The van der Waals surface area contributed by atoms with Crippen LogP contribution in [0.5, 0.6) is 0 Å². The number of halogens is 2. The first-order chi connectivity index (χ1) is 6.77. The molecule has 2 rings (SSSR count). The van der Waals surface area contributed by atoms with Crippen molar-refractivity contribution < 1.29 is 0 Å². The lowest BCUT2D eigenvalue weighted by molar-refractivity contribution is 0.747. The summed E-state index contributed by atoms with van der Waals surface area (Å²) in [4.78, 5) is 4.40. The number of rotatable bonds is 2. The molecule has 4 heteroatoms. The van der Waals surface area contributed by atoms with Gasteiger partial charge in [0.15, 0.2) is 0 Å². The second-order valence-corrected chi connectivity index (χ2v) is 3.69. The van der Waals surface area contributed by atoms with Crippen LogP contribution in [0.2, 0.25) is 5.02 Å². The number of hydrogen-bond donors (Lipinski definition) is 0. The van der Waals surface area contributed by atoms with E-state index in [9.17, 15) is 0 Å². The van der Waals surface area contributed by atoms with Crippen molar-refractivity contribution in [1.82, 2.24) is 9.55 Å². The van der Waals surface area contributed by atoms with Gasteiger partial charge in [0.2, 0.25) is 0 Å². The van der Waals surface area contributed by atoms with Crippen LogP contribution in [0.15, 0.2) is 18.2 Å². The molecule has 0 saturated carbocycles. The van der Waals surface area contributed by atoms with Gasteiger partial charge in [0, 0.05) is 6.54 Å². The largest absolute Gasteiger partial charge is 0.327 e. The fraction of sp³-hybridized carbons (Fsp3) is 0.300. The average molecular weight is 229 g/mol. The minimum absolute atomic E-state index is 0.416. The van der Waals surface area contributed by atoms with Gasteiger partial charge in [0.25, 0.3) is 0 Å². The molecule has 0 aliphatic carbocycles. The van der Waals surface area contributed by atoms with Crippen LogP contribution in [0, 0.1) is 0 Å². The Hall–Kier alpha value is -0.730. The molecule has 0 radical (unpaired) electrons. The fourth-order valence-corrected chi connectivity index (χ4v) is 2.03. The van der Waals surface area contributed by atoms with Gasteiger partial charge >= 0.3 is 0 Å². The minimum Gasteiger partial charge on any atom is -0.327 e. The standard InChI is InChI=1S/C10H10Cl2N2/c1-2-14-8-5-3-4-7(12)10(8)13-9(14)6-11/h3-5H,2,6H2,1H3. The van der Waals surface area contributed by atoms with Crippen molar-refractivity contribution >= 4 is 34.2 Å². The first kappa shape index (κ1) is 9.81. The molecule has 0 N–H and O–H groups in total. The van der Waals surface area contributed by atoms with Gasteiger partial charge in [-0.05, 0) is 19.1 Å². The van der Waals surface area contributed by atoms with Crippen LogP contribution < -0.4 is 0 Å². The second-order valence-electron chi connectivity index (χ2n) is 3.01. The quantitative estimate of drug-likeness (QED) is 0.721. The highest BCUT2D eigenvalue weighted by atomic mass is 35.5. The van der Waals surface area contributed by atoms with E-state index in [0.29, 0.717) is 10.9 Å². The number of aromatic nitrogens is 2. The molecule has 14 heavy (non-hydrogen) atoms. The summed E-state index contributed by atoms with van der Waals surface area (Å²) < 4.78 is 2.08. The molecule has 0 fully saturated rings. The van der Waals surface area contributed by atoms with E-state index in [1.165, 1.54) is 0 Å². The maximum Gasteiger partial charge on any atom is 0.124 e. The normalized spacial score (nSPS) is 11.1. The molecule has 0 saturated heterocycles. The maximum absolute atomic E-state index is 6.04. The van der Waals surface area contributed by atoms with Crippen molar-refractivity contribution in [3.63, 3.8) is 0 Å². The number of benzene rings is 1. The van der Waals surface area contributed by atoms with Gasteiger partial charge < -0.3 is 4.57 Å². The molecule has 0 aliphatic rings. The Kier molecular flexibility index (Phi) is 2.66. The average Bonchev–Trinajstić information content (AvgIpc) is 2.57. The van der Waals surface area contributed by atoms with Crippen molar-refractivity contribution in [2.24, 2.45) is 0 Å². The highest BCUT2D eigenvalue weighted by molar-refractivity contribution is 6.34. The van der Waals surface area contributed by atoms with Crippen molar-refractivity contribution in [1.29, 1.82) is 0 Å². The third-order valence-corrected chi connectivity index (χ3v) is 2.79. The monoisotopic (exact) mass is 228 g/mol. The van der Waals surface area contributed by atoms with Gasteiger partial charge in [-0.25, -0.2) is 4.98 Å². The Balaban J connectivity index is 2.79. The number of nitrogens with zero attached hydrogens (tertiary/aromatic N) is 2. The third-order valence-electron chi connectivity index (χ3n) is 2.24. The van der Waals surface area contributed by atoms with Crippen LogP contribution in [0.4, 0.5) is 0 Å². The zero-order valence-corrected chi connectivity index (χ0v) is 9.31. The van der Waals surface area contributed by atoms with E-state index in [1.54, 1.807) is 0 Å². The molecule has 2 aromatic rings. The summed E-state index contributed by atoms with van der Waals surface area (Å²) in [5, 5.41) is 0.682. The SMILES string of the molecule is CCn1c(CCl)nc2c(Cl)cccc21. The molecule has 1 heterocycles. The summed E-state index contributed by atoms with van der Waals surface area (Å²) in [6, 6.07) is 5.78. The highest BCUT2D eigenvalue weighted by Gasteiger charge is 2.10. The molecule has 0 aliphatic heterocycles. The molecule has 0 unspecified atom stereocenters. The van der Waals surface area contributed by atoms with E-state index in [2.05, 4.69) is 16.5 Å². The lowest BCUT2D eigenvalue weighted by Gasteiger charge is -2.02. The van der Waals surface area contributed by atoms with Gasteiger partial charge in [-0.15, -0.1) is 11.6 Å². The van der Waals surface area contributed by atoms with Crippen LogP contribution >= 0.6 is 23.2 Å². The van der Waals surface area contributed by atoms with E-state index in [4.69, 9.17) is 23.2 Å². The molecule has 0 atom stereocenters. The van der Waals surface area contributed by atoms with Crippen molar-refractivity contribution in [3.8, 4) is 0 Å². The molecule has 74 valence electrons. The number of alkyl halides is 1. The zero-order valence-electron chi connectivity index (χ0n) is 7.80. The number of aryl methyl sites for hydroxylation is 1. The van der Waals surface area contributed by atoms with Crippen molar-refractivity contribution in [2.45, 2.75) is 19.3 Å². The highest BCUT2D eigenvalue weighted by Crippen LogP contribution is 2.24. The van der Waals surface area contributed by atoms with Gasteiger partial charge in [0.1, 0.15) is 11.3 Å². The third kappa shape index (κ3) is 1.39. The molecular formula is C10H10Cl2N2. The van der Waals surface area contributed by atoms with E-state index in [1.807, 2.05) is 18.2 Å². The smallest absolute Gasteiger partial charge is 0.124 e.